The van der Waals surface area contributed by atoms with Crippen LogP contribution >= 0.6 is 0 Å². The lowest BCUT2D eigenvalue weighted by Crippen LogP contribution is -2.25. The van der Waals surface area contributed by atoms with E-state index in [4.69, 9.17) is 5.73 Å². The van der Waals surface area contributed by atoms with Crippen molar-refractivity contribution in [3.05, 3.63) is 18.3 Å². The molecular formula is C7H11N3O2S. The number of rotatable bonds is 3. The van der Waals surface area contributed by atoms with Crippen molar-refractivity contribution >= 4 is 15.7 Å². The summed E-state index contributed by atoms with van der Waals surface area (Å²) in [4.78, 5) is 3.69. The highest BCUT2D eigenvalue weighted by Gasteiger charge is 2.16. The van der Waals surface area contributed by atoms with Gasteiger partial charge in [-0.25, -0.2) is 18.1 Å². The summed E-state index contributed by atoms with van der Waals surface area (Å²) < 4.78 is 25.1. The average molecular weight is 201 g/mol. The van der Waals surface area contributed by atoms with Gasteiger partial charge in [0, 0.05) is 12.7 Å². The zero-order chi connectivity index (χ0) is 9.90. The number of hydrogen-bond acceptors (Lipinski definition) is 4. The largest absolute Gasteiger partial charge is 0.396 e. The molecule has 0 bridgehead atoms. The van der Waals surface area contributed by atoms with Gasteiger partial charge in [-0.2, -0.15) is 0 Å². The molecular weight excluding hydrogens is 190 g/mol. The van der Waals surface area contributed by atoms with E-state index in [2.05, 4.69) is 9.71 Å². The van der Waals surface area contributed by atoms with Gasteiger partial charge in [-0.15, -0.1) is 0 Å². The summed E-state index contributed by atoms with van der Waals surface area (Å²) in [5, 5.41) is -0.114. The van der Waals surface area contributed by atoms with E-state index in [9.17, 15) is 8.42 Å². The molecule has 0 radical (unpaired) electrons. The van der Waals surface area contributed by atoms with Crippen molar-refractivity contribution in [2.45, 2.75) is 11.9 Å². The highest BCUT2D eigenvalue weighted by molar-refractivity contribution is 7.89. The molecule has 0 unspecified atom stereocenters. The molecule has 0 aliphatic heterocycles. The summed E-state index contributed by atoms with van der Waals surface area (Å²) >= 11 is 0. The van der Waals surface area contributed by atoms with Crippen LogP contribution in [0.2, 0.25) is 0 Å². The minimum atomic E-state index is -3.53. The SMILES string of the molecule is CCNS(=O)(=O)c1ncccc1N. The topological polar surface area (TPSA) is 85.1 Å². The number of anilines is 1. The van der Waals surface area contributed by atoms with Crippen molar-refractivity contribution in [1.29, 1.82) is 0 Å². The molecule has 0 saturated heterocycles. The van der Waals surface area contributed by atoms with Gasteiger partial charge in [0.2, 0.25) is 0 Å². The van der Waals surface area contributed by atoms with Crippen LogP contribution in [0.5, 0.6) is 0 Å². The summed E-state index contributed by atoms with van der Waals surface area (Å²) in [5.41, 5.74) is 5.61. The fourth-order valence-corrected chi connectivity index (χ4v) is 1.98. The van der Waals surface area contributed by atoms with E-state index in [0.29, 0.717) is 6.54 Å². The van der Waals surface area contributed by atoms with Crippen LogP contribution in [0.3, 0.4) is 0 Å². The van der Waals surface area contributed by atoms with Crippen molar-refractivity contribution in [1.82, 2.24) is 9.71 Å². The fraction of sp³-hybridized carbons (Fsp3) is 0.286. The van der Waals surface area contributed by atoms with Crippen molar-refractivity contribution < 1.29 is 8.42 Å². The van der Waals surface area contributed by atoms with E-state index < -0.39 is 10.0 Å². The first-order valence-electron chi connectivity index (χ1n) is 3.78. The summed E-state index contributed by atoms with van der Waals surface area (Å²) in [6, 6.07) is 3.08. The van der Waals surface area contributed by atoms with Gasteiger partial charge in [0.05, 0.1) is 5.69 Å². The highest BCUT2D eigenvalue weighted by Crippen LogP contribution is 2.12. The summed E-state index contributed by atoms with van der Waals surface area (Å²) in [6.07, 6.45) is 1.39. The quantitative estimate of drug-likeness (QED) is 0.718. The van der Waals surface area contributed by atoms with Gasteiger partial charge in [-0.05, 0) is 12.1 Å². The Morgan fingerprint density at radius 2 is 2.31 bits per heavy atom. The van der Waals surface area contributed by atoms with E-state index in [1.54, 1.807) is 13.0 Å². The van der Waals surface area contributed by atoms with Crippen LogP contribution in [0.25, 0.3) is 0 Å². The Morgan fingerprint density at radius 1 is 1.62 bits per heavy atom. The second-order valence-corrected chi connectivity index (χ2v) is 4.08. The number of nitrogens with zero attached hydrogens (tertiary/aromatic N) is 1. The third-order valence-corrected chi connectivity index (χ3v) is 2.91. The first-order chi connectivity index (χ1) is 6.08. The molecule has 3 N–H and O–H groups in total. The van der Waals surface area contributed by atoms with Crippen LogP contribution < -0.4 is 10.5 Å². The molecule has 72 valence electrons. The third-order valence-electron chi connectivity index (χ3n) is 1.39. The number of hydrogen-bond donors (Lipinski definition) is 2. The van der Waals surface area contributed by atoms with Crippen LogP contribution in [0, 0.1) is 0 Å². The second kappa shape index (κ2) is 3.71. The first kappa shape index (κ1) is 9.94. The van der Waals surface area contributed by atoms with Gasteiger partial charge in [0.15, 0.2) is 5.03 Å². The monoisotopic (exact) mass is 201 g/mol. The Labute approximate surface area is 77.0 Å². The van der Waals surface area contributed by atoms with Gasteiger partial charge in [0.25, 0.3) is 10.0 Å². The maximum absolute atomic E-state index is 11.4. The van der Waals surface area contributed by atoms with E-state index >= 15 is 0 Å². The zero-order valence-electron chi connectivity index (χ0n) is 7.19. The summed E-state index contributed by atoms with van der Waals surface area (Å²) in [7, 11) is -3.53. The van der Waals surface area contributed by atoms with Gasteiger partial charge in [-0.1, -0.05) is 6.92 Å². The smallest absolute Gasteiger partial charge is 0.260 e. The van der Waals surface area contributed by atoms with Gasteiger partial charge >= 0.3 is 0 Å². The van der Waals surface area contributed by atoms with E-state index in [1.165, 1.54) is 12.3 Å². The molecule has 1 rings (SSSR count). The van der Waals surface area contributed by atoms with Crippen LogP contribution in [0.4, 0.5) is 5.69 Å². The fourth-order valence-electron chi connectivity index (χ4n) is 0.886. The number of nitrogen functional groups attached to an aromatic ring is 1. The Hall–Kier alpha value is -1.14. The number of pyridine rings is 1. The molecule has 5 nitrogen and oxygen atoms in total. The molecule has 0 amide bonds. The summed E-state index contributed by atoms with van der Waals surface area (Å²) in [6.45, 7) is 2.01. The van der Waals surface area contributed by atoms with Crippen molar-refractivity contribution in [2.75, 3.05) is 12.3 Å². The third kappa shape index (κ3) is 2.16. The molecule has 1 aromatic heterocycles. The van der Waals surface area contributed by atoms with Crippen LogP contribution in [0.1, 0.15) is 6.92 Å². The van der Waals surface area contributed by atoms with Crippen molar-refractivity contribution in [3.8, 4) is 0 Å². The molecule has 13 heavy (non-hydrogen) atoms. The number of aromatic nitrogens is 1. The maximum atomic E-state index is 11.4. The van der Waals surface area contributed by atoms with Crippen LogP contribution in [0.15, 0.2) is 23.4 Å². The molecule has 0 saturated carbocycles. The van der Waals surface area contributed by atoms with E-state index in [0.717, 1.165) is 0 Å². The maximum Gasteiger partial charge on any atom is 0.260 e. The van der Waals surface area contributed by atoms with E-state index in [-0.39, 0.29) is 10.7 Å². The lowest BCUT2D eigenvalue weighted by atomic mass is 10.4. The Balaban J connectivity index is 3.15. The molecule has 0 aliphatic carbocycles. The van der Waals surface area contributed by atoms with Gasteiger partial charge < -0.3 is 5.73 Å². The Kier molecular flexibility index (Phi) is 2.84. The molecule has 0 atom stereocenters. The molecule has 1 heterocycles. The Bertz CT molecular complexity index is 388. The molecule has 0 fully saturated rings. The molecule has 1 aromatic rings. The zero-order valence-corrected chi connectivity index (χ0v) is 8.00. The Morgan fingerprint density at radius 3 is 2.85 bits per heavy atom. The van der Waals surface area contributed by atoms with Crippen LogP contribution in [-0.2, 0) is 10.0 Å². The minimum absolute atomic E-state index is 0.114. The molecule has 6 heteroatoms. The van der Waals surface area contributed by atoms with E-state index in [1.807, 2.05) is 0 Å². The number of nitrogens with one attached hydrogen (secondary N) is 1. The first-order valence-corrected chi connectivity index (χ1v) is 5.26. The van der Waals surface area contributed by atoms with Crippen molar-refractivity contribution in [2.24, 2.45) is 0 Å². The standard InChI is InChI=1S/C7H11N3O2S/c1-2-10-13(11,12)7-6(8)4-3-5-9-7/h3-5,10H,2,8H2,1H3. The lowest BCUT2D eigenvalue weighted by Gasteiger charge is -2.04. The predicted octanol–water partition coefficient (Wildman–Crippen LogP) is -0.0380. The highest BCUT2D eigenvalue weighted by atomic mass is 32.2. The van der Waals surface area contributed by atoms with Crippen molar-refractivity contribution in [3.63, 3.8) is 0 Å². The lowest BCUT2D eigenvalue weighted by molar-refractivity contribution is 0.580. The molecule has 0 aliphatic rings. The number of nitrogens with two attached hydrogens (primary N) is 1. The average Bonchev–Trinajstić information content (AvgIpc) is 2.04. The second-order valence-electron chi connectivity index (χ2n) is 2.40. The van der Waals surface area contributed by atoms with Gasteiger partial charge in [0.1, 0.15) is 0 Å². The normalized spacial score (nSPS) is 11.5. The number of sulfonamides is 1. The minimum Gasteiger partial charge on any atom is -0.396 e. The van der Waals surface area contributed by atoms with Gasteiger partial charge in [-0.3, -0.25) is 0 Å². The summed E-state index contributed by atoms with van der Waals surface area (Å²) in [5.74, 6) is 0. The molecule has 0 spiro atoms. The molecule has 0 aromatic carbocycles. The predicted molar refractivity (Wildman–Crippen MR) is 49.5 cm³/mol. The van der Waals surface area contributed by atoms with Crippen LogP contribution in [-0.4, -0.2) is 19.9 Å².